The molecular weight excluding hydrogens is 238 g/mol. The van der Waals surface area contributed by atoms with Crippen LogP contribution in [0.4, 0.5) is 0 Å². The Kier molecular flexibility index (Phi) is 4.50. The molecule has 2 rings (SSSR count). The van der Waals surface area contributed by atoms with E-state index in [1.54, 1.807) is 6.20 Å². The van der Waals surface area contributed by atoms with Crippen LogP contribution in [0, 0.1) is 5.41 Å². The van der Waals surface area contributed by atoms with Crippen LogP contribution in [0.3, 0.4) is 0 Å². The van der Waals surface area contributed by atoms with Crippen LogP contribution in [0.25, 0.3) is 0 Å². The average molecular weight is 261 g/mol. The topological polar surface area (TPSA) is 69.2 Å². The second-order valence-corrected chi connectivity index (χ2v) is 5.44. The van der Waals surface area contributed by atoms with Crippen LogP contribution in [-0.2, 0) is 6.54 Å². The van der Waals surface area contributed by atoms with Crippen molar-refractivity contribution in [3.8, 4) is 0 Å². The molecule has 1 fully saturated rings. The van der Waals surface area contributed by atoms with E-state index >= 15 is 0 Å². The molecule has 0 saturated carbocycles. The SMILES string of the molecule is CN(Cc1ccnc(C(=N)N)c1)CC1CCCN1C. The van der Waals surface area contributed by atoms with Crippen molar-refractivity contribution in [3.05, 3.63) is 29.6 Å². The molecule has 5 nitrogen and oxygen atoms in total. The van der Waals surface area contributed by atoms with Crippen LogP contribution < -0.4 is 5.73 Å². The maximum atomic E-state index is 7.42. The van der Waals surface area contributed by atoms with Gasteiger partial charge in [0, 0.05) is 25.3 Å². The number of rotatable bonds is 5. The molecule has 104 valence electrons. The lowest BCUT2D eigenvalue weighted by Crippen LogP contribution is -2.36. The third kappa shape index (κ3) is 3.75. The van der Waals surface area contributed by atoms with Gasteiger partial charge in [0.1, 0.15) is 11.5 Å². The Labute approximate surface area is 114 Å². The number of nitrogen functional groups attached to an aromatic ring is 1. The lowest BCUT2D eigenvalue weighted by molar-refractivity contribution is 0.215. The van der Waals surface area contributed by atoms with Gasteiger partial charge in [-0.1, -0.05) is 0 Å². The number of hydrogen-bond donors (Lipinski definition) is 2. The van der Waals surface area contributed by atoms with Gasteiger partial charge >= 0.3 is 0 Å². The predicted molar refractivity (Wildman–Crippen MR) is 77.2 cm³/mol. The minimum Gasteiger partial charge on any atom is -0.382 e. The van der Waals surface area contributed by atoms with Gasteiger partial charge in [0.2, 0.25) is 0 Å². The summed E-state index contributed by atoms with van der Waals surface area (Å²) in [4.78, 5) is 8.84. The van der Waals surface area contributed by atoms with E-state index in [4.69, 9.17) is 11.1 Å². The highest BCUT2D eigenvalue weighted by Crippen LogP contribution is 2.16. The molecule has 1 saturated heterocycles. The van der Waals surface area contributed by atoms with Crippen LogP contribution in [0.2, 0.25) is 0 Å². The number of pyridine rings is 1. The highest BCUT2D eigenvalue weighted by molar-refractivity contribution is 5.93. The zero-order valence-corrected chi connectivity index (χ0v) is 11.8. The van der Waals surface area contributed by atoms with E-state index in [0.717, 1.165) is 18.7 Å². The summed E-state index contributed by atoms with van der Waals surface area (Å²) in [6.45, 7) is 3.16. The van der Waals surface area contributed by atoms with Crippen LogP contribution >= 0.6 is 0 Å². The molecule has 2 heterocycles. The monoisotopic (exact) mass is 261 g/mol. The van der Waals surface area contributed by atoms with E-state index in [-0.39, 0.29) is 5.84 Å². The van der Waals surface area contributed by atoms with E-state index in [9.17, 15) is 0 Å². The molecule has 1 atom stereocenters. The van der Waals surface area contributed by atoms with E-state index in [0.29, 0.717) is 11.7 Å². The lowest BCUT2D eigenvalue weighted by atomic mass is 10.1. The van der Waals surface area contributed by atoms with Gasteiger partial charge in [-0.05, 0) is 51.2 Å². The zero-order valence-electron chi connectivity index (χ0n) is 11.8. The Hall–Kier alpha value is -1.46. The first-order valence-corrected chi connectivity index (χ1v) is 6.74. The first-order valence-electron chi connectivity index (χ1n) is 6.74. The fourth-order valence-electron chi connectivity index (χ4n) is 2.67. The van der Waals surface area contributed by atoms with Gasteiger partial charge in [-0.15, -0.1) is 0 Å². The average Bonchev–Trinajstić information content (AvgIpc) is 2.75. The quantitative estimate of drug-likeness (QED) is 0.610. The summed E-state index contributed by atoms with van der Waals surface area (Å²) in [6.07, 6.45) is 4.32. The molecule has 1 unspecified atom stereocenters. The van der Waals surface area contributed by atoms with Crippen molar-refractivity contribution in [2.24, 2.45) is 5.73 Å². The van der Waals surface area contributed by atoms with E-state index in [2.05, 4.69) is 28.9 Å². The molecule has 19 heavy (non-hydrogen) atoms. The normalized spacial score (nSPS) is 20.1. The molecule has 0 spiro atoms. The highest BCUT2D eigenvalue weighted by Gasteiger charge is 2.21. The molecule has 1 aromatic heterocycles. The first-order chi connectivity index (χ1) is 9.06. The maximum absolute atomic E-state index is 7.42. The summed E-state index contributed by atoms with van der Waals surface area (Å²) in [5.41, 5.74) is 7.18. The zero-order chi connectivity index (χ0) is 13.8. The molecule has 1 aliphatic rings. The van der Waals surface area contributed by atoms with Crippen LogP contribution in [0.15, 0.2) is 18.3 Å². The van der Waals surface area contributed by atoms with Gasteiger partial charge in [0.05, 0.1) is 0 Å². The Bertz CT molecular complexity index is 445. The van der Waals surface area contributed by atoms with Crippen molar-refractivity contribution in [3.63, 3.8) is 0 Å². The standard InChI is InChI=1S/C14H23N5/c1-18(10-12-4-3-7-19(12)2)9-11-5-6-17-13(8-11)14(15)16/h5-6,8,12H,3-4,7,9-10H2,1-2H3,(H3,15,16). The van der Waals surface area contributed by atoms with Crippen LogP contribution in [0.1, 0.15) is 24.1 Å². The summed E-state index contributed by atoms with van der Waals surface area (Å²) in [5, 5.41) is 7.42. The van der Waals surface area contributed by atoms with Crippen LogP contribution in [-0.4, -0.2) is 53.8 Å². The van der Waals surface area contributed by atoms with Crippen molar-refractivity contribution in [1.82, 2.24) is 14.8 Å². The number of nitrogens with one attached hydrogen (secondary N) is 1. The van der Waals surface area contributed by atoms with Crippen molar-refractivity contribution >= 4 is 5.84 Å². The molecule has 0 aromatic carbocycles. The second-order valence-electron chi connectivity index (χ2n) is 5.44. The molecule has 3 N–H and O–H groups in total. The molecule has 5 heteroatoms. The third-order valence-electron chi connectivity index (χ3n) is 3.75. The smallest absolute Gasteiger partial charge is 0.141 e. The van der Waals surface area contributed by atoms with Crippen molar-refractivity contribution in [1.29, 1.82) is 5.41 Å². The van der Waals surface area contributed by atoms with Gasteiger partial charge in [-0.3, -0.25) is 10.4 Å². The number of nitrogens with zero attached hydrogens (tertiary/aromatic N) is 3. The number of aromatic nitrogens is 1. The predicted octanol–water partition coefficient (Wildman–Crippen LogP) is 0.892. The Morgan fingerprint density at radius 3 is 3.05 bits per heavy atom. The van der Waals surface area contributed by atoms with Crippen molar-refractivity contribution in [2.45, 2.75) is 25.4 Å². The first kappa shape index (κ1) is 14.0. The summed E-state index contributed by atoms with van der Waals surface area (Å²) in [7, 11) is 4.34. The van der Waals surface area contributed by atoms with Gasteiger partial charge in [-0.25, -0.2) is 0 Å². The molecule has 0 bridgehead atoms. The minimum atomic E-state index is 0.0278. The number of amidine groups is 1. The third-order valence-corrected chi connectivity index (χ3v) is 3.75. The number of likely N-dealkylation sites (N-methyl/N-ethyl adjacent to an activating group) is 2. The fourth-order valence-corrected chi connectivity index (χ4v) is 2.67. The summed E-state index contributed by atoms with van der Waals surface area (Å²) < 4.78 is 0. The number of likely N-dealkylation sites (tertiary alicyclic amines) is 1. The summed E-state index contributed by atoms with van der Waals surface area (Å²) in [6, 6.07) is 4.55. The largest absolute Gasteiger partial charge is 0.382 e. The molecule has 0 aliphatic carbocycles. The molecular formula is C14H23N5. The Balaban J connectivity index is 1.93. The molecule has 1 aliphatic heterocycles. The van der Waals surface area contributed by atoms with Gasteiger partial charge in [0.15, 0.2) is 0 Å². The van der Waals surface area contributed by atoms with Crippen molar-refractivity contribution < 1.29 is 0 Å². The Morgan fingerprint density at radius 1 is 1.63 bits per heavy atom. The fraction of sp³-hybridized carbons (Fsp3) is 0.571. The highest BCUT2D eigenvalue weighted by atomic mass is 15.2. The van der Waals surface area contributed by atoms with Crippen LogP contribution in [0.5, 0.6) is 0 Å². The Morgan fingerprint density at radius 2 is 2.42 bits per heavy atom. The van der Waals surface area contributed by atoms with E-state index in [1.165, 1.54) is 19.4 Å². The van der Waals surface area contributed by atoms with Gasteiger partial charge in [0.25, 0.3) is 0 Å². The van der Waals surface area contributed by atoms with Gasteiger partial charge < -0.3 is 15.5 Å². The molecule has 1 aromatic rings. The molecule has 0 amide bonds. The lowest BCUT2D eigenvalue weighted by Gasteiger charge is -2.25. The van der Waals surface area contributed by atoms with Crippen molar-refractivity contribution in [2.75, 3.05) is 27.2 Å². The minimum absolute atomic E-state index is 0.0278. The maximum Gasteiger partial charge on any atom is 0.141 e. The van der Waals surface area contributed by atoms with E-state index < -0.39 is 0 Å². The second kappa shape index (κ2) is 6.12. The van der Waals surface area contributed by atoms with Gasteiger partial charge in [-0.2, -0.15) is 0 Å². The molecule has 0 radical (unpaired) electrons. The number of hydrogen-bond acceptors (Lipinski definition) is 4. The number of nitrogens with two attached hydrogens (primary N) is 1. The summed E-state index contributed by atoms with van der Waals surface area (Å²) >= 11 is 0. The summed E-state index contributed by atoms with van der Waals surface area (Å²) in [5.74, 6) is 0.0278. The van der Waals surface area contributed by atoms with E-state index in [1.807, 2.05) is 12.1 Å².